The minimum atomic E-state index is -0.320. The van der Waals surface area contributed by atoms with Crippen LogP contribution in [0.1, 0.15) is 5.69 Å². The number of rotatable bonds is 3. The van der Waals surface area contributed by atoms with Gasteiger partial charge < -0.3 is 4.74 Å². The Morgan fingerprint density at radius 2 is 2.25 bits per heavy atom. The number of aromatic nitrogens is 2. The van der Waals surface area contributed by atoms with Crippen molar-refractivity contribution in [3.8, 4) is 5.75 Å². The minimum absolute atomic E-state index is 0.320. The highest BCUT2D eigenvalue weighted by Crippen LogP contribution is 2.26. The molecule has 3 nitrogen and oxygen atoms in total. The summed E-state index contributed by atoms with van der Waals surface area (Å²) in [6, 6.07) is 6.18. The molecule has 2 aromatic rings. The van der Waals surface area contributed by atoms with Crippen molar-refractivity contribution >= 4 is 15.9 Å². The molecule has 0 bridgehead atoms. The van der Waals surface area contributed by atoms with Gasteiger partial charge in [0.05, 0.1) is 10.2 Å². The second-order valence-corrected chi connectivity index (χ2v) is 4.20. The second kappa shape index (κ2) is 4.65. The van der Waals surface area contributed by atoms with E-state index in [0.717, 1.165) is 10.2 Å². The van der Waals surface area contributed by atoms with E-state index in [1.807, 2.05) is 19.3 Å². The first-order valence-electron chi connectivity index (χ1n) is 4.71. The number of ether oxygens (including phenoxy) is 1. The monoisotopic (exact) mass is 284 g/mol. The van der Waals surface area contributed by atoms with Crippen molar-refractivity contribution in [1.29, 1.82) is 0 Å². The molecule has 0 amide bonds. The van der Waals surface area contributed by atoms with Crippen molar-refractivity contribution in [3.05, 3.63) is 46.4 Å². The average Bonchev–Trinajstić information content (AvgIpc) is 2.66. The molecule has 0 radical (unpaired) electrons. The van der Waals surface area contributed by atoms with Crippen molar-refractivity contribution < 1.29 is 9.13 Å². The van der Waals surface area contributed by atoms with Gasteiger partial charge in [-0.1, -0.05) is 0 Å². The minimum Gasteiger partial charge on any atom is -0.486 e. The maximum atomic E-state index is 13.0. The van der Waals surface area contributed by atoms with Gasteiger partial charge in [-0.2, -0.15) is 5.10 Å². The summed E-state index contributed by atoms with van der Waals surface area (Å²) < 4.78 is 20.8. The average molecular weight is 285 g/mol. The van der Waals surface area contributed by atoms with Gasteiger partial charge in [-0.3, -0.25) is 4.68 Å². The summed E-state index contributed by atoms with van der Waals surface area (Å²) in [5, 5.41) is 4.16. The van der Waals surface area contributed by atoms with Crippen molar-refractivity contribution in [2.75, 3.05) is 0 Å². The number of hydrogen-bond donors (Lipinski definition) is 0. The molecule has 1 aromatic carbocycles. The normalized spacial score (nSPS) is 10.4. The summed E-state index contributed by atoms with van der Waals surface area (Å²) >= 11 is 3.29. The molecule has 0 atom stereocenters. The molecule has 0 N–H and O–H groups in total. The van der Waals surface area contributed by atoms with E-state index in [-0.39, 0.29) is 5.82 Å². The second-order valence-electron chi connectivity index (χ2n) is 3.34. The Bertz CT molecular complexity index is 498. The summed E-state index contributed by atoms with van der Waals surface area (Å²) in [5.41, 5.74) is 0.804. The quantitative estimate of drug-likeness (QED) is 0.867. The Labute approximate surface area is 101 Å². The third-order valence-corrected chi connectivity index (χ3v) is 2.69. The molecule has 0 spiro atoms. The molecule has 5 heteroatoms. The van der Waals surface area contributed by atoms with E-state index >= 15 is 0 Å². The van der Waals surface area contributed by atoms with Crippen molar-refractivity contribution in [3.63, 3.8) is 0 Å². The van der Waals surface area contributed by atoms with Crippen LogP contribution in [0.2, 0.25) is 0 Å². The van der Waals surface area contributed by atoms with Crippen LogP contribution >= 0.6 is 15.9 Å². The maximum absolute atomic E-state index is 13.0. The zero-order valence-corrected chi connectivity index (χ0v) is 10.2. The summed E-state index contributed by atoms with van der Waals surface area (Å²) in [4.78, 5) is 0. The Hall–Kier alpha value is -1.36. The topological polar surface area (TPSA) is 27.1 Å². The van der Waals surface area contributed by atoms with Gasteiger partial charge in [-0.25, -0.2) is 4.39 Å². The van der Waals surface area contributed by atoms with Gasteiger partial charge in [0.1, 0.15) is 18.2 Å². The maximum Gasteiger partial charge on any atom is 0.136 e. The van der Waals surface area contributed by atoms with Crippen LogP contribution in [-0.4, -0.2) is 9.78 Å². The molecule has 2 rings (SSSR count). The summed E-state index contributed by atoms with van der Waals surface area (Å²) in [6.45, 7) is 0.322. The van der Waals surface area contributed by atoms with Gasteiger partial charge in [0.25, 0.3) is 0 Å². The van der Waals surface area contributed by atoms with Gasteiger partial charge in [-0.05, 0) is 34.1 Å². The Morgan fingerprint density at radius 1 is 1.44 bits per heavy atom. The zero-order chi connectivity index (χ0) is 11.5. The molecule has 0 aliphatic rings. The lowest BCUT2D eigenvalue weighted by atomic mass is 10.3. The molecular formula is C11H10BrFN2O. The predicted molar refractivity (Wildman–Crippen MR) is 61.6 cm³/mol. The van der Waals surface area contributed by atoms with Crippen LogP contribution in [0.25, 0.3) is 0 Å². The molecule has 0 aliphatic carbocycles. The fourth-order valence-corrected chi connectivity index (χ4v) is 1.64. The van der Waals surface area contributed by atoms with Crippen LogP contribution in [0.5, 0.6) is 5.75 Å². The Morgan fingerprint density at radius 3 is 2.94 bits per heavy atom. The van der Waals surface area contributed by atoms with Crippen LogP contribution in [-0.2, 0) is 13.7 Å². The highest BCUT2D eigenvalue weighted by molar-refractivity contribution is 9.10. The first-order valence-corrected chi connectivity index (χ1v) is 5.51. The van der Waals surface area contributed by atoms with Crippen LogP contribution < -0.4 is 4.74 Å². The lowest BCUT2D eigenvalue weighted by Gasteiger charge is -2.06. The van der Waals surface area contributed by atoms with E-state index in [9.17, 15) is 4.39 Å². The lowest BCUT2D eigenvalue weighted by Crippen LogP contribution is -1.98. The third kappa shape index (κ3) is 2.61. The molecule has 0 fully saturated rings. The van der Waals surface area contributed by atoms with Gasteiger partial charge in [0, 0.05) is 19.3 Å². The zero-order valence-electron chi connectivity index (χ0n) is 8.65. The number of halogens is 2. The van der Waals surface area contributed by atoms with Crippen LogP contribution in [0.15, 0.2) is 34.9 Å². The van der Waals surface area contributed by atoms with Crippen LogP contribution in [0.4, 0.5) is 4.39 Å². The fraction of sp³-hybridized carbons (Fsp3) is 0.182. The predicted octanol–water partition coefficient (Wildman–Crippen LogP) is 2.90. The van der Waals surface area contributed by atoms with Gasteiger partial charge in [-0.15, -0.1) is 0 Å². The Kier molecular flexibility index (Phi) is 3.24. The van der Waals surface area contributed by atoms with E-state index in [4.69, 9.17) is 4.74 Å². The van der Waals surface area contributed by atoms with E-state index in [1.165, 1.54) is 12.1 Å². The molecule has 84 valence electrons. The van der Waals surface area contributed by atoms with Crippen molar-refractivity contribution in [2.24, 2.45) is 7.05 Å². The van der Waals surface area contributed by atoms with E-state index in [0.29, 0.717) is 12.4 Å². The molecule has 16 heavy (non-hydrogen) atoms. The molecule has 0 saturated heterocycles. The lowest BCUT2D eigenvalue weighted by molar-refractivity contribution is 0.296. The Balaban J connectivity index is 2.07. The van der Waals surface area contributed by atoms with Gasteiger partial charge in [0.15, 0.2) is 0 Å². The van der Waals surface area contributed by atoms with E-state index < -0.39 is 0 Å². The fourth-order valence-electron chi connectivity index (χ4n) is 1.28. The van der Waals surface area contributed by atoms with E-state index in [1.54, 1.807) is 10.7 Å². The molecule has 1 aromatic heterocycles. The molecule has 0 saturated carbocycles. The van der Waals surface area contributed by atoms with Crippen LogP contribution in [0.3, 0.4) is 0 Å². The molecule has 0 unspecified atom stereocenters. The largest absolute Gasteiger partial charge is 0.486 e. The number of nitrogens with zero attached hydrogens (tertiary/aromatic N) is 2. The highest BCUT2D eigenvalue weighted by Gasteiger charge is 2.04. The molecule has 0 aliphatic heterocycles. The van der Waals surface area contributed by atoms with E-state index in [2.05, 4.69) is 21.0 Å². The standard InChI is InChI=1S/C11H10BrFN2O/c1-15-5-4-9(14-15)7-16-11-6-8(13)2-3-10(11)12/h2-6H,7H2,1H3. The van der Waals surface area contributed by atoms with Gasteiger partial charge in [0.2, 0.25) is 0 Å². The summed E-state index contributed by atoms with van der Waals surface area (Å²) in [6.07, 6.45) is 1.83. The first kappa shape index (κ1) is 11.1. The summed E-state index contributed by atoms with van der Waals surface area (Å²) in [5.74, 6) is 0.157. The number of aryl methyl sites for hydroxylation is 1. The summed E-state index contributed by atoms with van der Waals surface area (Å²) in [7, 11) is 1.83. The smallest absolute Gasteiger partial charge is 0.136 e. The van der Waals surface area contributed by atoms with Crippen LogP contribution in [0, 0.1) is 5.82 Å². The number of hydrogen-bond acceptors (Lipinski definition) is 2. The molecular weight excluding hydrogens is 275 g/mol. The highest BCUT2D eigenvalue weighted by atomic mass is 79.9. The SMILES string of the molecule is Cn1ccc(COc2cc(F)ccc2Br)n1. The molecule has 1 heterocycles. The van der Waals surface area contributed by atoms with Crippen molar-refractivity contribution in [1.82, 2.24) is 9.78 Å². The third-order valence-electron chi connectivity index (χ3n) is 2.04. The first-order chi connectivity index (χ1) is 7.65. The number of benzene rings is 1. The van der Waals surface area contributed by atoms with Gasteiger partial charge >= 0.3 is 0 Å². The van der Waals surface area contributed by atoms with Crippen molar-refractivity contribution in [2.45, 2.75) is 6.61 Å².